The normalized spacial score (nSPS) is 14.4. The predicted octanol–water partition coefficient (Wildman–Crippen LogP) is 2.88. The second-order valence-electron chi connectivity index (χ2n) is 7.48. The third-order valence-corrected chi connectivity index (χ3v) is 7.41. The summed E-state index contributed by atoms with van der Waals surface area (Å²) < 4.78 is 29.4. The standard InChI is InChI=1S/C20H24ClN7O3S2/c1-12-10-16(27-26-12)23-18-17(31-2)19(28-8-6-22-7-9-28)25-20(24-18)32-15-5-4-13(11-14(15)21)33(3,29)30/h4-5,10-11,22H,6-9H2,1-3H3,(H2,23,24,25,26,27). The third kappa shape index (κ3) is 5.52. The van der Waals surface area contributed by atoms with E-state index in [2.05, 4.69) is 30.7 Å². The molecule has 1 saturated heterocycles. The van der Waals surface area contributed by atoms with Crippen LogP contribution in [0, 0.1) is 6.92 Å². The van der Waals surface area contributed by atoms with Gasteiger partial charge in [-0.15, -0.1) is 0 Å². The largest absolute Gasteiger partial charge is 0.490 e. The van der Waals surface area contributed by atoms with Gasteiger partial charge in [0.15, 0.2) is 32.4 Å². The molecule has 33 heavy (non-hydrogen) atoms. The molecule has 0 spiro atoms. The average molecular weight is 510 g/mol. The molecule has 0 atom stereocenters. The van der Waals surface area contributed by atoms with Gasteiger partial charge in [-0.05, 0) is 36.9 Å². The van der Waals surface area contributed by atoms with E-state index in [1.54, 1.807) is 13.2 Å². The molecule has 4 rings (SSSR count). The fourth-order valence-electron chi connectivity index (χ4n) is 3.32. The summed E-state index contributed by atoms with van der Waals surface area (Å²) in [6, 6.07) is 6.48. The summed E-state index contributed by atoms with van der Waals surface area (Å²) in [5.74, 6) is 2.25. The van der Waals surface area contributed by atoms with Crippen molar-refractivity contribution in [3.63, 3.8) is 0 Å². The summed E-state index contributed by atoms with van der Waals surface area (Å²) in [5, 5.41) is 14.4. The molecule has 0 radical (unpaired) electrons. The Labute approximate surface area is 201 Å². The molecule has 0 amide bonds. The zero-order chi connectivity index (χ0) is 23.6. The molecule has 3 heterocycles. The predicted molar refractivity (Wildman–Crippen MR) is 129 cm³/mol. The van der Waals surface area contributed by atoms with Crippen LogP contribution in [0.4, 0.5) is 17.5 Å². The molecular formula is C20H24ClN7O3S2. The fraction of sp³-hybridized carbons (Fsp3) is 0.350. The SMILES string of the molecule is COc1c(Nc2cc(C)[nH]n2)nc(Sc2ccc(S(C)(=O)=O)cc2Cl)nc1N1CCNCC1. The summed E-state index contributed by atoms with van der Waals surface area (Å²) in [4.78, 5) is 12.3. The quantitative estimate of drug-likeness (QED) is 0.409. The van der Waals surface area contributed by atoms with Crippen molar-refractivity contribution in [2.45, 2.75) is 21.9 Å². The number of benzene rings is 1. The van der Waals surface area contributed by atoms with Gasteiger partial charge in [-0.2, -0.15) is 5.10 Å². The van der Waals surface area contributed by atoms with E-state index in [-0.39, 0.29) is 4.90 Å². The number of methoxy groups -OCH3 is 1. The Morgan fingerprint density at radius 3 is 2.58 bits per heavy atom. The summed E-state index contributed by atoms with van der Waals surface area (Å²) in [7, 11) is -1.78. The van der Waals surface area contributed by atoms with Crippen molar-refractivity contribution in [2.24, 2.45) is 0 Å². The maximum Gasteiger partial charge on any atom is 0.204 e. The van der Waals surface area contributed by atoms with E-state index in [1.807, 2.05) is 13.0 Å². The van der Waals surface area contributed by atoms with Crippen LogP contribution in [0.25, 0.3) is 0 Å². The molecule has 10 nitrogen and oxygen atoms in total. The van der Waals surface area contributed by atoms with Crippen LogP contribution in [-0.4, -0.2) is 68.1 Å². The van der Waals surface area contributed by atoms with Gasteiger partial charge in [-0.3, -0.25) is 5.10 Å². The summed E-state index contributed by atoms with van der Waals surface area (Å²) in [6.07, 6.45) is 1.15. The zero-order valence-electron chi connectivity index (χ0n) is 18.3. The molecule has 1 aliphatic rings. The van der Waals surface area contributed by atoms with Crippen LogP contribution >= 0.6 is 23.4 Å². The number of hydrogen-bond acceptors (Lipinski definition) is 10. The molecule has 3 aromatic rings. The molecule has 1 fully saturated rings. The highest BCUT2D eigenvalue weighted by Gasteiger charge is 2.23. The number of H-pyrrole nitrogens is 1. The number of hydrogen-bond donors (Lipinski definition) is 3. The van der Waals surface area contributed by atoms with Gasteiger partial charge < -0.3 is 20.3 Å². The first kappa shape index (κ1) is 23.6. The van der Waals surface area contributed by atoms with Crippen LogP contribution in [0.3, 0.4) is 0 Å². The van der Waals surface area contributed by atoms with Crippen molar-refractivity contribution in [3.8, 4) is 5.75 Å². The Bertz CT molecular complexity index is 1260. The van der Waals surface area contributed by atoms with Crippen LogP contribution in [0.15, 0.2) is 39.2 Å². The number of nitrogens with zero attached hydrogens (tertiary/aromatic N) is 4. The van der Waals surface area contributed by atoms with E-state index in [9.17, 15) is 8.42 Å². The highest BCUT2D eigenvalue weighted by atomic mass is 35.5. The number of sulfone groups is 1. The molecule has 13 heteroatoms. The number of anilines is 3. The number of aryl methyl sites for hydroxylation is 1. The molecular weight excluding hydrogens is 486 g/mol. The Kier molecular flexibility index (Phi) is 6.98. The number of aromatic amines is 1. The first-order valence-electron chi connectivity index (χ1n) is 10.1. The maximum absolute atomic E-state index is 11.8. The lowest BCUT2D eigenvalue weighted by atomic mass is 10.3. The molecule has 3 N–H and O–H groups in total. The van der Waals surface area contributed by atoms with Crippen molar-refractivity contribution in [2.75, 3.05) is 49.8 Å². The van der Waals surface area contributed by atoms with Crippen LogP contribution < -0.4 is 20.3 Å². The lowest BCUT2D eigenvalue weighted by molar-refractivity contribution is 0.409. The van der Waals surface area contributed by atoms with Gasteiger partial charge in [0, 0.05) is 49.1 Å². The summed E-state index contributed by atoms with van der Waals surface area (Å²) in [6.45, 7) is 5.10. The zero-order valence-corrected chi connectivity index (χ0v) is 20.7. The number of halogens is 1. The van der Waals surface area contributed by atoms with Crippen molar-refractivity contribution in [3.05, 3.63) is 35.0 Å². The van der Waals surface area contributed by atoms with Crippen molar-refractivity contribution in [1.29, 1.82) is 0 Å². The van der Waals surface area contributed by atoms with Gasteiger partial charge in [0.25, 0.3) is 0 Å². The van der Waals surface area contributed by atoms with Crippen molar-refractivity contribution in [1.82, 2.24) is 25.5 Å². The highest BCUT2D eigenvalue weighted by molar-refractivity contribution is 7.99. The minimum Gasteiger partial charge on any atom is -0.490 e. The van der Waals surface area contributed by atoms with Crippen LogP contribution in [0.2, 0.25) is 5.02 Å². The van der Waals surface area contributed by atoms with E-state index in [1.165, 1.54) is 23.9 Å². The smallest absolute Gasteiger partial charge is 0.204 e. The number of piperazine rings is 1. The Balaban J connectivity index is 1.74. The van der Waals surface area contributed by atoms with Gasteiger partial charge >= 0.3 is 0 Å². The topological polar surface area (TPSA) is 125 Å². The Hall–Kier alpha value is -2.54. The van der Waals surface area contributed by atoms with E-state index < -0.39 is 9.84 Å². The van der Waals surface area contributed by atoms with Crippen molar-refractivity contribution >= 4 is 50.7 Å². The monoisotopic (exact) mass is 509 g/mol. The van der Waals surface area contributed by atoms with Gasteiger partial charge in [0.05, 0.1) is 17.0 Å². The number of ether oxygens (including phenoxy) is 1. The minimum atomic E-state index is -3.36. The highest BCUT2D eigenvalue weighted by Crippen LogP contribution is 2.39. The molecule has 0 unspecified atom stereocenters. The second kappa shape index (κ2) is 9.75. The third-order valence-electron chi connectivity index (χ3n) is 4.93. The van der Waals surface area contributed by atoms with Gasteiger partial charge in [-0.25, -0.2) is 18.4 Å². The first-order valence-corrected chi connectivity index (χ1v) is 13.2. The van der Waals surface area contributed by atoms with E-state index in [4.69, 9.17) is 21.3 Å². The van der Waals surface area contributed by atoms with Crippen molar-refractivity contribution < 1.29 is 13.2 Å². The van der Waals surface area contributed by atoms with Gasteiger partial charge in [0.2, 0.25) is 5.75 Å². The number of nitrogens with one attached hydrogen (secondary N) is 3. The summed E-state index contributed by atoms with van der Waals surface area (Å²) >= 11 is 7.64. The van der Waals surface area contributed by atoms with E-state index in [0.29, 0.717) is 38.3 Å². The molecule has 176 valence electrons. The lowest BCUT2D eigenvalue weighted by Gasteiger charge is -2.30. The second-order valence-corrected chi connectivity index (χ2v) is 10.9. The molecule has 0 aliphatic carbocycles. The van der Waals surface area contributed by atoms with E-state index in [0.717, 1.165) is 38.1 Å². The fourth-order valence-corrected chi connectivity index (χ4v) is 5.09. The van der Waals surface area contributed by atoms with E-state index >= 15 is 0 Å². The first-order chi connectivity index (χ1) is 15.7. The number of rotatable bonds is 7. The lowest BCUT2D eigenvalue weighted by Crippen LogP contribution is -2.44. The molecule has 0 saturated carbocycles. The summed E-state index contributed by atoms with van der Waals surface area (Å²) in [5.41, 5.74) is 0.903. The number of aromatic nitrogens is 4. The van der Waals surface area contributed by atoms with Crippen LogP contribution in [0.1, 0.15) is 5.69 Å². The minimum absolute atomic E-state index is 0.158. The van der Waals surface area contributed by atoms with Crippen LogP contribution in [-0.2, 0) is 9.84 Å². The average Bonchev–Trinajstić information content (AvgIpc) is 3.19. The molecule has 0 bridgehead atoms. The van der Waals surface area contributed by atoms with Gasteiger partial charge in [0.1, 0.15) is 0 Å². The molecule has 1 aliphatic heterocycles. The maximum atomic E-state index is 11.8. The van der Waals surface area contributed by atoms with Crippen LogP contribution in [0.5, 0.6) is 5.75 Å². The molecule has 1 aromatic carbocycles. The van der Waals surface area contributed by atoms with Gasteiger partial charge in [-0.1, -0.05) is 11.6 Å². The molecule has 2 aromatic heterocycles. The Morgan fingerprint density at radius 2 is 1.97 bits per heavy atom. The Morgan fingerprint density at radius 1 is 1.21 bits per heavy atom.